The molecule has 2 heterocycles. The molecule has 7 heteroatoms. The molecular weight excluding hydrogens is 335 g/mol. The fourth-order valence-corrected chi connectivity index (χ4v) is 3.33. The molecule has 1 saturated heterocycles. The van der Waals surface area contributed by atoms with Crippen LogP contribution >= 0.6 is 0 Å². The molecule has 1 aromatic heterocycles. The van der Waals surface area contributed by atoms with E-state index in [1.54, 1.807) is 12.1 Å². The van der Waals surface area contributed by atoms with Gasteiger partial charge in [0, 0.05) is 35.4 Å². The summed E-state index contributed by atoms with van der Waals surface area (Å²) >= 11 is 0. The highest BCUT2D eigenvalue weighted by atomic mass is 19.1. The minimum Gasteiger partial charge on any atom is -0.316 e. The summed E-state index contributed by atoms with van der Waals surface area (Å²) < 4.78 is 13.3. The van der Waals surface area contributed by atoms with Gasteiger partial charge in [0.25, 0.3) is 5.91 Å². The zero-order chi connectivity index (χ0) is 18.5. The van der Waals surface area contributed by atoms with Gasteiger partial charge in [0.1, 0.15) is 5.82 Å². The van der Waals surface area contributed by atoms with Gasteiger partial charge in [0.2, 0.25) is 6.41 Å². The van der Waals surface area contributed by atoms with Crippen LogP contribution in [0.5, 0.6) is 0 Å². The zero-order valence-corrected chi connectivity index (χ0v) is 14.5. The van der Waals surface area contributed by atoms with Gasteiger partial charge in [0.15, 0.2) is 0 Å². The van der Waals surface area contributed by atoms with Crippen LogP contribution in [0.2, 0.25) is 0 Å². The first-order chi connectivity index (χ1) is 12.6. The number of hydrogen-bond donors (Lipinski definition) is 3. The number of carbonyl (C=O) groups excluding carboxylic acids is 2. The number of aromatic amines is 1. The molecule has 1 fully saturated rings. The third-order valence-corrected chi connectivity index (χ3v) is 4.56. The molecule has 0 bridgehead atoms. The van der Waals surface area contributed by atoms with Gasteiger partial charge in [-0.2, -0.15) is 5.10 Å². The van der Waals surface area contributed by atoms with Crippen LogP contribution in [0.25, 0.3) is 16.8 Å². The van der Waals surface area contributed by atoms with Crippen LogP contribution in [-0.4, -0.2) is 35.6 Å². The molecule has 1 aromatic carbocycles. The lowest BCUT2D eigenvalue weighted by Crippen LogP contribution is -2.29. The minimum absolute atomic E-state index is 0.248. The van der Waals surface area contributed by atoms with E-state index in [0.717, 1.165) is 42.8 Å². The average molecular weight is 356 g/mol. The zero-order valence-electron chi connectivity index (χ0n) is 14.5. The van der Waals surface area contributed by atoms with Crippen LogP contribution < -0.4 is 10.6 Å². The fraction of sp³-hybridized carbons (Fsp3) is 0.316. The predicted molar refractivity (Wildman–Crippen MR) is 96.7 cm³/mol. The van der Waals surface area contributed by atoms with Crippen LogP contribution in [-0.2, 0) is 9.59 Å². The molecule has 26 heavy (non-hydrogen) atoms. The molecule has 1 aliphatic heterocycles. The Labute approximate surface area is 150 Å². The van der Waals surface area contributed by atoms with E-state index < -0.39 is 5.91 Å². The number of benzene rings is 1. The molecule has 2 aromatic rings. The Kier molecular flexibility index (Phi) is 5.58. The van der Waals surface area contributed by atoms with Crippen molar-refractivity contribution in [2.75, 3.05) is 13.1 Å². The monoisotopic (exact) mass is 356 g/mol. The largest absolute Gasteiger partial charge is 0.316 e. The number of piperidine rings is 1. The first kappa shape index (κ1) is 18.0. The summed E-state index contributed by atoms with van der Waals surface area (Å²) in [4.78, 5) is 22.3. The van der Waals surface area contributed by atoms with Gasteiger partial charge in [0.05, 0.1) is 5.69 Å². The Morgan fingerprint density at radius 2 is 2.12 bits per heavy atom. The maximum Gasteiger partial charge on any atom is 0.250 e. The Morgan fingerprint density at radius 3 is 2.77 bits per heavy atom. The molecule has 6 nitrogen and oxygen atoms in total. The standard InChI is InChI=1S/C19H21FN4O2/c1-12(9-16(26)22-11-25)17-18(13-4-6-15(20)7-5-13)23-24-19(17)14-3-2-8-21-10-14/h4-7,9,11,14,21H,2-3,8,10H2,1H3,(H,23,24)(H,22,25,26)/b12-9+. The molecule has 0 radical (unpaired) electrons. The SMILES string of the molecule is C/C(=C\C(=O)NC=O)c1c(-c2ccc(F)cc2)n[nH]c1C1CCCNC1. The van der Waals surface area contributed by atoms with Crippen molar-refractivity contribution >= 4 is 17.9 Å². The van der Waals surface area contributed by atoms with E-state index in [0.29, 0.717) is 17.7 Å². The highest BCUT2D eigenvalue weighted by Gasteiger charge is 2.24. The Bertz CT molecular complexity index is 821. The Morgan fingerprint density at radius 1 is 1.35 bits per heavy atom. The number of imide groups is 1. The molecule has 136 valence electrons. The lowest BCUT2D eigenvalue weighted by Gasteiger charge is -2.23. The predicted octanol–water partition coefficient (Wildman–Crippen LogP) is 2.36. The van der Waals surface area contributed by atoms with E-state index >= 15 is 0 Å². The van der Waals surface area contributed by atoms with Crippen molar-refractivity contribution in [3.8, 4) is 11.3 Å². The molecular formula is C19H21FN4O2. The highest BCUT2D eigenvalue weighted by Crippen LogP contribution is 2.35. The van der Waals surface area contributed by atoms with Crippen molar-refractivity contribution in [1.29, 1.82) is 0 Å². The summed E-state index contributed by atoms with van der Waals surface area (Å²) in [6.07, 6.45) is 3.81. The van der Waals surface area contributed by atoms with Crippen LogP contribution in [0, 0.1) is 5.82 Å². The first-order valence-corrected chi connectivity index (χ1v) is 8.58. The molecule has 0 saturated carbocycles. The third-order valence-electron chi connectivity index (χ3n) is 4.56. The second kappa shape index (κ2) is 8.05. The van der Waals surface area contributed by atoms with Gasteiger partial charge >= 0.3 is 0 Å². The quantitative estimate of drug-likeness (QED) is 0.567. The van der Waals surface area contributed by atoms with E-state index in [9.17, 15) is 14.0 Å². The van der Waals surface area contributed by atoms with Crippen molar-refractivity contribution in [3.05, 3.63) is 47.4 Å². The van der Waals surface area contributed by atoms with E-state index in [1.165, 1.54) is 18.2 Å². The topological polar surface area (TPSA) is 86.9 Å². The number of halogens is 1. The first-order valence-electron chi connectivity index (χ1n) is 8.58. The van der Waals surface area contributed by atoms with Gasteiger partial charge < -0.3 is 5.32 Å². The maximum atomic E-state index is 13.3. The summed E-state index contributed by atoms with van der Waals surface area (Å²) in [6, 6.07) is 6.09. The number of H-pyrrole nitrogens is 1. The molecule has 2 amide bonds. The normalized spacial score (nSPS) is 17.8. The summed E-state index contributed by atoms with van der Waals surface area (Å²) in [7, 11) is 0. The summed E-state index contributed by atoms with van der Waals surface area (Å²) in [5.41, 5.74) is 3.89. The van der Waals surface area contributed by atoms with E-state index in [1.807, 2.05) is 6.92 Å². The Hall–Kier alpha value is -2.80. The molecule has 1 atom stereocenters. The molecule has 0 spiro atoms. The van der Waals surface area contributed by atoms with E-state index in [2.05, 4.69) is 20.8 Å². The van der Waals surface area contributed by atoms with E-state index in [-0.39, 0.29) is 11.7 Å². The number of rotatable bonds is 5. The van der Waals surface area contributed by atoms with Crippen molar-refractivity contribution < 1.29 is 14.0 Å². The molecule has 0 aliphatic carbocycles. The number of nitrogens with one attached hydrogen (secondary N) is 3. The second-order valence-corrected chi connectivity index (χ2v) is 6.36. The summed E-state index contributed by atoms with van der Waals surface area (Å²) in [5, 5.41) is 13.1. The lowest BCUT2D eigenvalue weighted by atomic mass is 9.89. The summed E-state index contributed by atoms with van der Waals surface area (Å²) in [6.45, 7) is 3.62. The highest BCUT2D eigenvalue weighted by molar-refractivity contribution is 6.01. The number of aromatic nitrogens is 2. The second-order valence-electron chi connectivity index (χ2n) is 6.36. The van der Waals surface area contributed by atoms with Gasteiger partial charge in [-0.3, -0.25) is 20.0 Å². The summed E-state index contributed by atoms with van der Waals surface area (Å²) in [5.74, 6) is -0.561. The van der Waals surface area contributed by atoms with Crippen molar-refractivity contribution in [3.63, 3.8) is 0 Å². The van der Waals surface area contributed by atoms with Gasteiger partial charge in [-0.1, -0.05) is 0 Å². The number of amides is 2. The number of nitrogens with zero attached hydrogens (tertiary/aromatic N) is 1. The average Bonchev–Trinajstić information content (AvgIpc) is 3.08. The molecule has 3 N–H and O–H groups in total. The van der Waals surface area contributed by atoms with Gasteiger partial charge in [-0.15, -0.1) is 0 Å². The maximum absolute atomic E-state index is 13.3. The van der Waals surface area contributed by atoms with Crippen molar-refractivity contribution in [1.82, 2.24) is 20.8 Å². The smallest absolute Gasteiger partial charge is 0.250 e. The van der Waals surface area contributed by atoms with Crippen LogP contribution in [0.4, 0.5) is 4.39 Å². The molecule has 3 rings (SSSR count). The van der Waals surface area contributed by atoms with Crippen molar-refractivity contribution in [2.24, 2.45) is 0 Å². The van der Waals surface area contributed by atoms with Crippen molar-refractivity contribution in [2.45, 2.75) is 25.7 Å². The molecule has 1 unspecified atom stereocenters. The third kappa shape index (κ3) is 3.88. The van der Waals surface area contributed by atoms with E-state index in [4.69, 9.17) is 0 Å². The lowest BCUT2D eigenvalue weighted by molar-refractivity contribution is -0.121. The Balaban J connectivity index is 2.06. The number of carbonyl (C=O) groups is 2. The number of allylic oxidation sites excluding steroid dienone is 1. The number of hydrogen-bond acceptors (Lipinski definition) is 4. The molecule has 1 aliphatic rings. The van der Waals surface area contributed by atoms with Gasteiger partial charge in [-0.05, 0) is 56.1 Å². The van der Waals surface area contributed by atoms with Crippen LogP contribution in [0.3, 0.4) is 0 Å². The van der Waals surface area contributed by atoms with Crippen LogP contribution in [0.1, 0.15) is 36.9 Å². The fourth-order valence-electron chi connectivity index (χ4n) is 3.33. The van der Waals surface area contributed by atoms with Gasteiger partial charge in [-0.25, -0.2) is 4.39 Å². The minimum atomic E-state index is -0.489. The van der Waals surface area contributed by atoms with Crippen LogP contribution in [0.15, 0.2) is 30.3 Å².